The van der Waals surface area contributed by atoms with Crippen molar-refractivity contribution in [2.45, 2.75) is 6.92 Å². The predicted molar refractivity (Wildman–Crippen MR) is 75.3 cm³/mol. The first-order valence-electron chi connectivity index (χ1n) is 6.21. The molecule has 0 saturated heterocycles. The van der Waals surface area contributed by atoms with Gasteiger partial charge in [0, 0.05) is 19.3 Å². The number of benzene rings is 1. The maximum Gasteiger partial charge on any atom is 0.272 e. The zero-order valence-corrected chi connectivity index (χ0v) is 11.4. The molecule has 0 aliphatic carbocycles. The molecule has 21 heavy (non-hydrogen) atoms. The van der Waals surface area contributed by atoms with Crippen molar-refractivity contribution >= 4 is 16.9 Å². The minimum absolute atomic E-state index is 0.207. The fourth-order valence-electron chi connectivity index (χ4n) is 2.22. The Morgan fingerprint density at radius 1 is 1.33 bits per heavy atom. The summed E-state index contributed by atoms with van der Waals surface area (Å²) in [6.45, 7) is 1.90. The number of hydrogen-bond acceptors (Lipinski definition) is 4. The molecule has 1 aromatic carbocycles. The quantitative estimate of drug-likeness (QED) is 0.536. The number of nitrogens with zero attached hydrogens (tertiary/aromatic N) is 4. The maximum atomic E-state index is 14.1. The van der Waals surface area contributed by atoms with E-state index in [-0.39, 0.29) is 11.3 Å². The molecule has 0 aliphatic heterocycles. The van der Waals surface area contributed by atoms with Gasteiger partial charge in [-0.25, -0.2) is 14.4 Å². The number of aryl methyl sites for hydroxylation is 2. The van der Waals surface area contributed by atoms with Crippen molar-refractivity contribution in [3.63, 3.8) is 0 Å². The van der Waals surface area contributed by atoms with Gasteiger partial charge in [0.2, 0.25) is 0 Å². The molecule has 0 saturated carbocycles. The number of halogens is 1. The first kappa shape index (κ1) is 13.2. The summed E-state index contributed by atoms with van der Waals surface area (Å²) in [6.07, 6.45) is 1.71. The first-order valence-corrected chi connectivity index (χ1v) is 6.21. The van der Waals surface area contributed by atoms with E-state index in [4.69, 9.17) is 0 Å². The van der Waals surface area contributed by atoms with Gasteiger partial charge in [-0.1, -0.05) is 0 Å². The van der Waals surface area contributed by atoms with E-state index in [0.29, 0.717) is 17.0 Å². The summed E-state index contributed by atoms with van der Waals surface area (Å²) in [4.78, 5) is 18.7. The molecule has 2 aromatic heterocycles. The summed E-state index contributed by atoms with van der Waals surface area (Å²) in [7, 11) is 1.73. The van der Waals surface area contributed by atoms with E-state index >= 15 is 0 Å². The Hall–Kier alpha value is -2.83. The molecular formula is C14H11FN4O2. The summed E-state index contributed by atoms with van der Waals surface area (Å²) in [5.74, 6) is -0.296. The van der Waals surface area contributed by atoms with Crippen LogP contribution in [0.2, 0.25) is 0 Å². The van der Waals surface area contributed by atoms with Gasteiger partial charge < -0.3 is 4.57 Å². The lowest BCUT2D eigenvalue weighted by atomic mass is 10.2. The molecule has 6 nitrogen and oxygen atoms in total. The molecule has 0 fully saturated rings. The van der Waals surface area contributed by atoms with Crippen molar-refractivity contribution in [2.75, 3.05) is 0 Å². The summed E-state index contributed by atoms with van der Waals surface area (Å²) in [5, 5.41) is 10.7. The normalized spacial score (nSPS) is 11.0. The third-order valence-corrected chi connectivity index (χ3v) is 3.25. The Bertz CT molecular complexity index is 873. The third kappa shape index (κ3) is 2.12. The molecule has 0 bridgehead atoms. The number of aromatic nitrogens is 3. The number of nitro benzene ring substituents is 1. The number of pyridine rings is 1. The van der Waals surface area contributed by atoms with E-state index in [2.05, 4.69) is 9.97 Å². The summed E-state index contributed by atoms with van der Waals surface area (Å²) in [5.41, 5.74) is 2.16. The lowest BCUT2D eigenvalue weighted by Crippen LogP contribution is -1.97. The van der Waals surface area contributed by atoms with Crippen LogP contribution in [0, 0.1) is 22.9 Å². The summed E-state index contributed by atoms with van der Waals surface area (Å²) >= 11 is 0. The van der Waals surface area contributed by atoms with Gasteiger partial charge in [0.15, 0.2) is 5.65 Å². The van der Waals surface area contributed by atoms with Crippen molar-refractivity contribution in [3.05, 3.63) is 52.0 Å². The molecule has 2 heterocycles. The largest absolute Gasteiger partial charge is 0.312 e. The summed E-state index contributed by atoms with van der Waals surface area (Å²) in [6, 6.07) is 5.38. The highest BCUT2D eigenvalue weighted by atomic mass is 19.1. The first-order chi connectivity index (χ1) is 9.97. The highest BCUT2D eigenvalue weighted by Gasteiger charge is 2.17. The second-order valence-corrected chi connectivity index (χ2v) is 4.77. The van der Waals surface area contributed by atoms with Crippen LogP contribution in [0.5, 0.6) is 0 Å². The van der Waals surface area contributed by atoms with Crippen LogP contribution in [0.25, 0.3) is 22.6 Å². The van der Waals surface area contributed by atoms with Crippen LogP contribution in [-0.2, 0) is 7.05 Å². The number of fused-ring (bicyclic) bond motifs is 1. The Kier molecular flexibility index (Phi) is 2.90. The topological polar surface area (TPSA) is 73.8 Å². The minimum Gasteiger partial charge on any atom is -0.312 e. The van der Waals surface area contributed by atoms with Crippen molar-refractivity contribution in [3.8, 4) is 11.4 Å². The molecule has 7 heteroatoms. The van der Waals surface area contributed by atoms with Crippen molar-refractivity contribution < 1.29 is 9.31 Å². The second-order valence-electron chi connectivity index (χ2n) is 4.77. The Morgan fingerprint density at radius 2 is 2.10 bits per heavy atom. The van der Waals surface area contributed by atoms with E-state index in [0.717, 1.165) is 11.6 Å². The fraction of sp³-hybridized carbons (Fsp3) is 0.143. The third-order valence-electron chi connectivity index (χ3n) is 3.25. The fourth-order valence-corrected chi connectivity index (χ4v) is 2.22. The van der Waals surface area contributed by atoms with Crippen LogP contribution in [0.3, 0.4) is 0 Å². The monoisotopic (exact) mass is 286 g/mol. The SMILES string of the molecule is Cc1cnc2c(c1)nc(-c1ccc([N+](=O)[O-])cc1F)n2C. The molecule has 0 N–H and O–H groups in total. The van der Waals surface area contributed by atoms with Gasteiger partial charge in [0.25, 0.3) is 5.69 Å². The molecule has 0 spiro atoms. The molecule has 0 atom stereocenters. The standard InChI is InChI=1S/C14H11FN4O2/c1-8-5-12-14(16-7-8)18(2)13(17-12)10-4-3-9(19(20)21)6-11(10)15/h3-7H,1-2H3. The zero-order valence-electron chi connectivity index (χ0n) is 11.4. The van der Waals surface area contributed by atoms with E-state index in [1.165, 1.54) is 12.1 Å². The zero-order chi connectivity index (χ0) is 15.1. The van der Waals surface area contributed by atoms with E-state index in [9.17, 15) is 14.5 Å². The van der Waals surface area contributed by atoms with Gasteiger partial charge >= 0.3 is 0 Å². The highest BCUT2D eigenvalue weighted by molar-refractivity contribution is 5.77. The van der Waals surface area contributed by atoms with Gasteiger partial charge in [-0.15, -0.1) is 0 Å². The van der Waals surface area contributed by atoms with Gasteiger partial charge in [-0.3, -0.25) is 10.1 Å². The Labute approximate surface area is 119 Å². The number of nitro groups is 1. The van der Waals surface area contributed by atoms with Crippen LogP contribution < -0.4 is 0 Å². The molecule has 0 radical (unpaired) electrons. The average Bonchev–Trinajstić information content (AvgIpc) is 2.75. The van der Waals surface area contributed by atoms with Crippen LogP contribution in [0.4, 0.5) is 10.1 Å². The Morgan fingerprint density at radius 3 is 2.76 bits per heavy atom. The van der Waals surface area contributed by atoms with E-state index < -0.39 is 10.7 Å². The lowest BCUT2D eigenvalue weighted by Gasteiger charge is -2.03. The lowest BCUT2D eigenvalue weighted by molar-refractivity contribution is -0.385. The number of hydrogen-bond donors (Lipinski definition) is 0. The van der Waals surface area contributed by atoms with Crippen molar-refractivity contribution in [2.24, 2.45) is 7.05 Å². The average molecular weight is 286 g/mol. The molecule has 0 amide bonds. The van der Waals surface area contributed by atoms with Crippen LogP contribution in [0.1, 0.15) is 5.56 Å². The predicted octanol–water partition coefficient (Wildman–Crippen LogP) is 2.99. The second kappa shape index (κ2) is 4.62. The number of non-ortho nitro benzene ring substituents is 1. The molecule has 106 valence electrons. The van der Waals surface area contributed by atoms with Crippen molar-refractivity contribution in [1.82, 2.24) is 14.5 Å². The van der Waals surface area contributed by atoms with Crippen LogP contribution in [-0.4, -0.2) is 19.5 Å². The molecular weight excluding hydrogens is 275 g/mol. The number of imidazole rings is 1. The van der Waals surface area contributed by atoms with Gasteiger partial charge in [0.1, 0.15) is 17.2 Å². The molecule has 3 aromatic rings. The van der Waals surface area contributed by atoms with Gasteiger partial charge in [-0.05, 0) is 24.6 Å². The molecule has 0 unspecified atom stereocenters. The van der Waals surface area contributed by atoms with Crippen LogP contribution in [0.15, 0.2) is 30.5 Å². The minimum atomic E-state index is -0.681. The van der Waals surface area contributed by atoms with E-state index in [1.807, 2.05) is 13.0 Å². The molecule has 0 aliphatic rings. The van der Waals surface area contributed by atoms with Crippen LogP contribution >= 0.6 is 0 Å². The Balaban J connectivity index is 2.21. The van der Waals surface area contributed by atoms with Crippen molar-refractivity contribution in [1.29, 1.82) is 0 Å². The smallest absolute Gasteiger partial charge is 0.272 e. The highest BCUT2D eigenvalue weighted by Crippen LogP contribution is 2.27. The molecule has 3 rings (SSSR count). The number of rotatable bonds is 2. The van der Waals surface area contributed by atoms with Gasteiger partial charge in [-0.2, -0.15) is 0 Å². The van der Waals surface area contributed by atoms with E-state index in [1.54, 1.807) is 17.8 Å². The summed E-state index contributed by atoms with van der Waals surface area (Å²) < 4.78 is 15.8. The van der Waals surface area contributed by atoms with Gasteiger partial charge in [0.05, 0.1) is 16.6 Å². The maximum absolute atomic E-state index is 14.1.